The Morgan fingerprint density at radius 1 is 1.06 bits per heavy atom. The first kappa shape index (κ1) is 12.1. The molecule has 0 bridgehead atoms. The Hall–Kier alpha value is -2.36. The molecule has 0 radical (unpaired) electrons. The lowest BCUT2D eigenvalue weighted by atomic mass is 9.98. The molecular formula is C14H10FNO2. The topological polar surface area (TPSA) is 46.5 Å². The van der Waals surface area contributed by atoms with Gasteiger partial charge in [-0.2, -0.15) is 0 Å². The Kier molecular flexibility index (Phi) is 3.57. The number of carbonyl (C=O) groups is 1. The van der Waals surface area contributed by atoms with Gasteiger partial charge in [0.1, 0.15) is 5.82 Å². The number of carbonyl (C=O) groups excluding carboxylic acids is 1. The van der Waals surface area contributed by atoms with Crippen LogP contribution in [0.5, 0.6) is 0 Å². The minimum absolute atomic E-state index is 0.263. The molecule has 18 heavy (non-hydrogen) atoms. The van der Waals surface area contributed by atoms with Crippen LogP contribution in [0.1, 0.15) is 22.0 Å². The van der Waals surface area contributed by atoms with Crippen molar-refractivity contribution in [2.45, 2.75) is 6.04 Å². The average Bonchev–Trinajstić information content (AvgIpc) is 2.40. The molecule has 0 aliphatic heterocycles. The summed E-state index contributed by atoms with van der Waals surface area (Å²) in [4.78, 5) is 22.9. The van der Waals surface area contributed by atoms with Gasteiger partial charge in [-0.05, 0) is 17.7 Å². The van der Waals surface area contributed by atoms with Gasteiger partial charge in [0, 0.05) is 5.56 Å². The first-order valence-corrected chi connectivity index (χ1v) is 5.39. The number of ketones is 1. The zero-order valence-electron chi connectivity index (χ0n) is 9.42. The maximum Gasteiger partial charge on any atom is 0.195 e. The minimum atomic E-state index is -1.21. The van der Waals surface area contributed by atoms with Crippen LogP contribution in [0.2, 0.25) is 0 Å². The van der Waals surface area contributed by atoms with Gasteiger partial charge in [-0.1, -0.05) is 47.6 Å². The predicted molar refractivity (Wildman–Crippen MR) is 65.7 cm³/mol. The summed E-state index contributed by atoms with van der Waals surface area (Å²) in [7, 11) is 0. The summed E-state index contributed by atoms with van der Waals surface area (Å²) in [6, 6.07) is 12.5. The van der Waals surface area contributed by atoms with E-state index >= 15 is 0 Å². The van der Waals surface area contributed by atoms with E-state index in [-0.39, 0.29) is 5.56 Å². The van der Waals surface area contributed by atoms with Gasteiger partial charge in [0.05, 0.1) is 0 Å². The van der Waals surface area contributed by atoms with Crippen molar-refractivity contribution in [3.05, 3.63) is 76.4 Å². The van der Waals surface area contributed by atoms with Crippen molar-refractivity contribution < 1.29 is 9.18 Å². The SMILES string of the molecule is O=NC(C(=O)c1ccccc1)c1cccc(F)c1. The predicted octanol–water partition coefficient (Wildman–Crippen LogP) is 3.52. The summed E-state index contributed by atoms with van der Waals surface area (Å²) in [5.41, 5.74) is 0.644. The minimum Gasteiger partial charge on any atom is -0.291 e. The van der Waals surface area contributed by atoms with Crippen molar-refractivity contribution >= 4 is 5.78 Å². The van der Waals surface area contributed by atoms with Gasteiger partial charge in [-0.15, -0.1) is 4.91 Å². The van der Waals surface area contributed by atoms with E-state index in [0.29, 0.717) is 5.56 Å². The Labute approximate surface area is 103 Å². The van der Waals surface area contributed by atoms with Crippen LogP contribution in [0.4, 0.5) is 4.39 Å². The summed E-state index contributed by atoms with van der Waals surface area (Å²) >= 11 is 0. The fraction of sp³-hybridized carbons (Fsp3) is 0.0714. The van der Waals surface area contributed by atoms with Crippen LogP contribution in [0, 0.1) is 10.7 Å². The first-order valence-electron chi connectivity index (χ1n) is 5.39. The van der Waals surface area contributed by atoms with Crippen LogP contribution < -0.4 is 0 Å². The van der Waals surface area contributed by atoms with Gasteiger partial charge >= 0.3 is 0 Å². The zero-order chi connectivity index (χ0) is 13.0. The molecule has 4 heteroatoms. The molecule has 3 nitrogen and oxygen atoms in total. The molecule has 2 aromatic carbocycles. The molecule has 2 rings (SSSR count). The van der Waals surface area contributed by atoms with Gasteiger partial charge < -0.3 is 0 Å². The molecule has 90 valence electrons. The molecule has 0 saturated heterocycles. The second-order valence-electron chi connectivity index (χ2n) is 3.79. The lowest BCUT2D eigenvalue weighted by molar-refractivity contribution is 0.0962. The zero-order valence-corrected chi connectivity index (χ0v) is 9.42. The maximum atomic E-state index is 13.1. The van der Waals surface area contributed by atoms with E-state index < -0.39 is 17.6 Å². The summed E-state index contributed by atoms with van der Waals surface area (Å²) in [6.45, 7) is 0. The van der Waals surface area contributed by atoms with Crippen molar-refractivity contribution in [2.24, 2.45) is 5.18 Å². The largest absolute Gasteiger partial charge is 0.291 e. The molecule has 2 aromatic rings. The lowest BCUT2D eigenvalue weighted by Crippen LogP contribution is -2.10. The molecule has 0 heterocycles. The standard InChI is InChI=1S/C14H10FNO2/c15-12-8-4-7-11(9-12)13(16-18)14(17)10-5-2-1-3-6-10/h1-9,13H. The van der Waals surface area contributed by atoms with Crippen molar-refractivity contribution in [1.82, 2.24) is 0 Å². The Morgan fingerprint density at radius 3 is 2.39 bits per heavy atom. The number of rotatable bonds is 4. The van der Waals surface area contributed by atoms with Crippen molar-refractivity contribution in [1.29, 1.82) is 0 Å². The van der Waals surface area contributed by atoms with E-state index in [2.05, 4.69) is 5.18 Å². The number of hydrogen-bond donors (Lipinski definition) is 0. The summed E-state index contributed by atoms with van der Waals surface area (Å²) in [5.74, 6) is -0.932. The van der Waals surface area contributed by atoms with E-state index in [9.17, 15) is 14.1 Å². The number of hydrogen-bond acceptors (Lipinski definition) is 3. The summed E-state index contributed by atoms with van der Waals surface area (Å²) < 4.78 is 13.1. The lowest BCUT2D eigenvalue weighted by Gasteiger charge is -2.08. The molecule has 0 spiro atoms. The Balaban J connectivity index is 2.35. The highest BCUT2D eigenvalue weighted by Gasteiger charge is 2.23. The molecule has 1 unspecified atom stereocenters. The van der Waals surface area contributed by atoms with Gasteiger partial charge in [0.25, 0.3) is 0 Å². The second kappa shape index (κ2) is 5.31. The third-order valence-electron chi connectivity index (χ3n) is 2.58. The Morgan fingerprint density at radius 2 is 1.78 bits per heavy atom. The number of Topliss-reactive ketones (excluding diaryl/α,β-unsaturated/α-hetero) is 1. The van der Waals surface area contributed by atoms with Crippen LogP contribution in [0.15, 0.2) is 59.8 Å². The molecular weight excluding hydrogens is 233 g/mol. The fourth-order valence-corrected chi connectivity index (χ4v) is 1.70. The molecule has 0 saturated carbocycles. The van der Waals surface area contributed by atoms with Crippen LogP contribution in [0.25, 0.3) is 0 Å². The van der Waals surface area contributed by atoms with Gasteiger partial charge in [-0.3, -0.25) is 4.79 Å². The van der Waals surface area contributed by atoms with Gasteiger partial charge in [0.15, 0.2) is 11.8 Å². The number of benzene rings is 2. The van der Waals surface area contributed by atoms with Crippen LogP contribution in [0.3, 0.4) is 0 Å². The monoisotopic (exact) mass is 243 g/mol. The van der Waals surface area contributed by atoms with Crippen LogP contribution in [-0.2, 0) is 0 Å². The number of nitroso groups, excluding NO2 is 1. The average molecular weight is 243 g/mol. The van der Waals surface area contributed by atoms with E-state index in [4.69, 9.17) is 0 Å². The van der Waals surface area contributed by atoms with Gasteiger partial charge in [0.2, 0.25) is 0 Å². The highest BCUT2D eigenvalue weighted by atomic mass is 19.1. The van der Waals surface area contributed by atoms with Gasteiger partial charge in [-0.25, -0.2) is 4.39 Å². The van der Waals surface area contributed by atoms with E-state index in [0.717, 1.165) is 6.07 Å². The van der Waals surface area contributed by atoms with Crippen molar-refractivity contribution in [3.8, 4) is 0 Å². The molecule has 0 aliphatic rings. The molecule has 0 fully saturated rings. The number of nitrogens with zero attached hydrogens (tertiary/aromatic N) is 1. The summed E-state index contributed by atoms with van der Waals surface area (Å²) in [5, 5.41) is 2.81. The van der Waals surface area contributed by atoms with E-state index in [1.807, 2.05) is 0 Å². The molecule has 0 amide bonds. The number of halogens is 1. The van der Waals surface area contributed by atoms with E-state index in [1.54, 1.807) is 30.3 Å². The smallest absolute Gasteiger partial charge is 0.195 e. The maximum absolute atomic E-state index is 13.1. The van der Waals surface area contributed by atoms with E-state index in [1.165, 1.54) is 18.2 Å². The molecule has 0 aliphatic carbocycles. The van der Waals surface area contributed by atoms with Crippen molar-refractivity contribution in [2.75, 3.05) is 0 Å². The normalized spacial score (nSPS) is 11.8. The van der Waals surface area contributed by atoms with Crippen LogP contribution in [-0.4, -0.2) is 5.78 Å². The quantitative estimate of drug-likeness (QED) is 0.609. The molecule has 1 atom stereocenters. The summed E-state index contributed by atoms with van der Waals surface area (Å²) in [6.07, 6.45) is 0. The highest BCUT2D eigenvalue weighted by Crippen LogP contribution is 2.22. The third-order valence-corrected chi connectivity index (χ3v) is 2.58. The van der Waals surface area contributed by atoms with Crippen LogP contribution >= 0.6 is 0 Å². The second-order valence-corrected chi connectivity index (χ2v) is 3.79. The third kappa shape index (κ3) is 2.48. The first-order chi connectivity index (χ1) is 8.72. The fourth-order valence-electron chi connectivity index (χ4n) is 1.70. The molecule has 0 aromatic heterocycles. The van der Waals surface area contributed by atoms with Crippen molar-refractivity contribution in [3.63, 3.8) is 0 Å². The highest BCUT2D eigenvalue weighted by molar-refractivity contribution is 6.00. The Bertz CT molecular complexity index is 569. The molecule has 0 N–H and O–H groups in total.